The summed E-state index contributed by atoms with van der Waals surface area (Å²) < 4.78 is 10.9. The molecule has 1 aliphatic heterocycles. The lowest BCUT2D eigenvalue weighted by molar-refractivity contribution is -0.142. The first-order valence-corrected chi connectivity index (χ1v) is 7.53. The molecule has 21 heavy (non-hydrogen) atoms. The Kier molecular flexibility index (Phi) is 4.12. The van der Waals surface area contributed by atoms with Gasteiger partial charge in [-0.1, -0.05) is 17.3 Å². The zero-order chi connectivity index (χ0) is 14.8. The third-order valence-electron chi connectivity index (χ3n) is 3.62. The number of amides is 1. The fraction of sp³-hybridized carbons (Fsp3) is 0.467. The second kappa shape index (κ2) is 6.03. The molecular weight excluding hydrogens is 292 g/mol. The molecule has 2 unspecified atom stereocenters. The maximum Gasteiger partial charge on any atom is 0.228 e. The van der Waals surface area contributed by atoms with Crippen molar-refractivity contribution in [2.45, 2.75) is 25.6 Å². The molecule has 0 radical (unpaired) electrons. The molecule has 5 nitrogen and oxygen atoms in total. The SMILES string of the molecule is CC1CN(C(=O)Cc2noc3ccccc23)CC(CCl)O1. The number of halogens is 1. The van der Waals surface area contributed by atoms with Gasteiger partial charge in [0.15, 0.2) is 5.58 Å². The van der Waals surface area contributed by atoms with Crippen LogP contribution in [-0.2, 0) is 16.0 Å². The van der Waals surface area contributed by atoms with Crippen molar-refractivity contribution in [3.8, 4) is 0 Å². The molecule has 2 aromatic rings. The zero-order valence-electron chi connectivity index (χ0n) is 11.8. The average molecular weight is 309 g/mol. The number of aromatic nitrogens is 1. The van der Waals surface area contributed by atoms with Crippen molar-refractivity contribution in [3.63, 3.8) is 0 Å². The van der Waals surface area contributed by atoms with Gasteiger partial charge in [-0.15, -0.1) is 11.6 Å². The van der Waals surface area contributed by atoms with Crippen molar-refractivity contribution >= 4 is 28.5 Å². The summed E-state index contributed by atoms with van der Waals surface area (Å²) in [6.07, 6.45) is 0.132. The van der Waals surface area contributed by atoms with Crippen LogP contribution < -0.4 is 0 Å². The standard InChI is InChI=1S/C15H17ClN2O3/c1-10-8-18(9-11(7-16)20-10)15(19)6-13-12-4-2-3-5-14(12)21-17-13/h2-5,10-11H,6-9H2,1H3. The Morgan fingerprint density at radius 3 is 3.05 bits per heavy atom. The topological polar surface area (TPSA) is 55.6 Å². The molecule has 0 bridgehead atoms. The van der Waals surface area contributed by atoms with Gasteiger partial charge in [-0.05, 0) is 19.1 Å². The second-order valence-electron chi connectivity index (χ2n) is 5.32. The van der Waals surface area contributed by atoms with Crippen molar-refractivity contribution < 1.29 is 14.1 Å². The van der Waals surface area contributed by atoms with Crippen molar-refractivity contribution in [1.82, 2.24) is 10.1 Å². The van der Waals surface area contributed by atoms with Crippen molar-refractivity contribution in [2.75, 3.05) is 19.0 Å². The third-order valence-corrected chi connectivity index (χ3v) is 3.97. The van der Waals surface area contributed by atoms with Crippen LogP contribution in [0.15, 0.2) is 28.8 Å². The fourth-order valence-corrected chi connectivity index (χ4v) is 2.83. The molecular formula is C15H17ClN2O3. The van der Waals surface area contributed by atoms with E-state index in [1.54, 1.807) is 4.90 Å². The van der Waals surface area contributed by atoms with E-state index in [-0.39, 0.29) is 24.5 Å². The number of morpholine rings is 1. The van der Waals surface area contributed by atoms with Gasteiger partial charge in [0.25, 0.3) is 0 Å². The number of nitrogens with zero attached hydrogens (tertiary/aromatic N) is 2. The molecule has 0 saturated carbocycles. The minimum atomic E-state index is -0.103. The van der Waals surface area contributed by atoms with E-state index < -0.39 is 0 Å². The molecule has 3 rings (SSSR count). The predicted molar refractivity (Wildman–Crippen MR) is 79.3 cm³/mol. The van der Waals surface area contributed by atoms with Gasteiger partial charge in [-0.25, -0.2) is 0 Å². The van der Waals surface area contributed by atoms with E-state index in [9.17, 15) is 4.79 Å². The fourth-order valence-electron chi connectivity index (χ4n) is 2.65. The van der Waals surface area contributed by atoms with Crippen LogP contribution in [0.2, 0.25) is 0 Å². The number of alkyl halides is 1. The van der Waals surface area contributed by atoms with E-state index in [2.05, 4.69) is 5.16 Å². The van der Waals surface area contributed by atoms with Crippen LogP contribution in [0.25, 0.3) is 11.0 Å². The lowest BCUT2D eigenvalue weighted by Crippen LogP contribution is -2.50. The van der Waals surface area contributed by atoms with Gasteiger partial charge in [0.05, 0.1) is 24.5 Å². The quantitative estimate of drug-likeness (QED) is 0.816. The van der Waals surface area contributed by atoms with Crippen LogP contribution in [0, 0.1) is 0 Å². The largest absolute Gasteiger partial charge is 0.370 e. The van der Waals surface area contributed by atoms with Gasteiger partial charge in [0.2, 0.25) is 5.91 Å². The van der Waals surface area contributed by atoms with Crippen LogP contribution in [0.4, 0.5) is 0 Å². The predicted octanol–water partition coefficient (Wildman–Crippen LogP) is 2.22. The van der Waals surface area contributed by atoms with Crippen molar-refractivity contribution in [1.29, 1.82) is 0 Å². The Bertz CT molecular complexity index is 643. The van der Waals surface area contributed by atoms with Gasteiger partial charge >= 0.3 is 0 Å². The highest BCUT2D eigenvalue weighted by atomic mass is 35.5. The van der Waals surface area contributed by atoms with Gasteiger partial charge < -0.3 is 14.2 Å². The number of hydrogen-bond acceptors (Lipinski definition) is 4. The maximum absolute atomic E-state index is 12.5. The highest BCUT2D eigenvalue weighted by Crippen LogP contribution is 2.20. The first kappa shape index (κ1) is 14.4. The monoisotopic (exact) mass is 308 g/mol. The summed E-state index contributed by atoms with van der Waals surface area (Å²) in [4.78, 5) is 14.3. The molecule has 0 aliphatic carbocycles. The number of rotatable bonds is 3. The summed E-state index contributed by atoms with van der Waals surface area (Å²) in [5.74, 6) is 0.417. The van der Waals surface area contributed by atoms with Crippen molar-refractivity contribution in [3.05, 3.63) is 30.0 Å². The first-order valence-electron chi connectivity index (χ1n) is 7.00. The molecule has 112 valence electrons. The Morgan fingerprint density at radius 1 is 1.43 bits per heavy atom. The lowest BCUT2D eigenvalue weighted by atomic mass is 10.1. The minimum Gasteiger partial charge on any atom is -0.370 e. The Labute approximate surface area is 127 Å². The number of carbonyl (C=O) groups is 1. The number of fused-ring (bicyclic) bond motifs is 1. The van der Waals surface area contributed by atoms with E-state index in [0.29, 0.717) is 30.2 Å². The summed E-state index contributed by atoms with van der Waals surface area (Å²) in [5, 5.41) is 4.90. The molecule has 1 fully saturated rings. The molecule has 1 aromatic carbocycles. The van der Waals surface area contributed by atoms with Gasteiger partial charge in [-0.2, -0.15) is 0 Å². The Morgan fingerprint density at radius 2 is 2.24 bits per heavy atom. The smallest absolute Gasteiger partial charge is 0.228 e. The molecule has 1 aliphatic rings. The number of benzene rings is 1. The Hall–Kier alpha value is -1.59. The van der Waals surface area contributed by atoms with E-state index in [4.69, 9.17) is 20.9 Å². The third kappa shape index (κ3) is 3.04. The molecule has 0 spiro atoms. The number of para-hydroxylation sites is 1. The zero-order valence-corrected chi connectivity index (χ0v) is 12.5. The lowest BCUT2D eigenvalue weighted by Gasteiger charge is -2.36. The van der Waals surface area contributed by atoms with E-state index >= 15 is 0 Å². The van der Waals surface area contributed by atoms with E-state index in [0.717, 1.165) is 5.39 Å². The van der Waals surface area contributed by atoms with E-state index in [1.807, 2.05) is 31.2 Å². The summed E-state index contributed by atoms with van der Waals surface area (Å²) in [6.45, 7) is 3.06. The number of hydrogen-bond donors (Lipinski definition) is 0. The molecule has 1 aromatic heterocycles. The molecule has 6 heteroatoms. The summed E-state index contributed by atoms with van der Waals surface area (Å²) in [5.41, 5.74) is 1.38. The number of carbonyl (C=O) groups excluding carboxylic acids is 1. The van der Waals surface area contributed by atoms with Crippen LogP contribution in [0.1, 0.15) is 12.6 Å². The molecule has 1 amide bonds. The van der Waals surface area contributed by atoms with Gasteiger partial charge in [-0.3, -0.25) is 4.79 Å². The van der Waals surface area contributed by atoms with Crippen LogP contribution in [-0.4, -0.2) is 47.1 Å². The minimum absolute atomic E-state index is 0.000466. The second-order valence-corrected chi connectivity index (χ2v) is 5.63. The molecule has 0 N–H and O–H groups in total. The van der Waals surface area contributed by atoms with Crippen LogP contribution in [0.5, 0.6) is 0 Å². The summed E-state index contributed by atoms with van der Waals surface area (Å²) in [7, 11) is 0. The van der Waals surface area contributed by atoms with E-state index in [1.165, 1.54) is 0 Å². The highest BCUT2D eigenvalue weighted by molar-refractivity contribution is 6.18. The molecule has 1 saturated heterocycles. The average Bonchev–Trinajstić information content (AvgIpc) is 2.90. The molecule has 2 atom stereocenters. The molecule has 2 heterocycles. The van der Waals surface area contributed by atoms with Crippen molar-refractivity contribution in [2.24, 2.45) is 0 Å². The van der Waals surface area contributed by atoms with Gasteiger partial charge in [0.1, 0.15) is 5.69 Å². The normalized spacial score (nSPS) is 22.7. The highest BCUT2D eigenvalue weighted by Gasteiger charge is 2.28. The Balaban J connectivity index is 1.74. The number of ether oxygens (including phenoxy) is 1. The van der Waals surface area contributed by atoms with Crippen LogP contribution in [0.3, 0.4) is 0 Å². The van der Waals surface area contributed by atoms with Crippen LogP contribution >= 0.6 is 11.6 Å². The summed E-state index contributed by atoms with van der Waals surface area (Å²) in [6, 6.07) is 7.55. The summed E-state index contributed by atoms with van der Waals surface area (Å²) >= 11 is 5.85. The maximum atomic E-state index is 12.5. The van der Waals surface area contributed by atoms with Gasteiger partial charge in [0, 0.05) is 18.5 Å². The first-order chi connectivity index (χ1) is 10.2.